The van der Waals surface area contributed by atoms with Crippen molar-refractivity contribution in [1.29, 1.82) is 0 Å². The average Bonchev–Trinajstić information content (AvgIpc) is 2.68. The van der Waals surface area contributed by atoms with E-state index in [0.29, 0.717) is 0 Å². The molecule has 0 radical (unpaired) electrons. The molecule has 136 valence electrons. The van der Waals surface area contributed by atoms with Crippen LogP contribution in [0.15, 0.2) is 84.0 Å². The third-order valence-corrected chi connectivity index (χ3v) is 4.63. The maximum atomic E-state index is 13.0. The van der Waals surface area contributed by atoms with Crippen molar-refractivity contribution in [1.82, 2.24) is 5.43 Å². The Morgan fingerprint density at radius 1 is 0.852 bits per heavy atom. The average molecular weight is 356 g/mol. The third kappa shape index (κ3) is 4.50. The molecule has 0 saturated carbocycles. The molecule has 0 saturated heterocycles. The molecule has 3 rings (SSSR count). The van der Waals surface area contributed by atoms with Gasteiger partial charge in [-0.3, -0.25) is 4.79 Å². The van der Waals surface area contributed by atoms with Gasteiger partial charge in [0, 0.05) is 5.56 Å². The number of nitrogens with zero attached hydrogens (tertiary/aromatic N) is 1. The maximum Gasteiger partial charge on any atom is 0.252 e. The molecule has 0 unspecified atom stereocenters. The Hall–Kier alpha value is -3.20. The molecule has 0 aliphatic rings. The van der Waals surface area contributed by atoms with Crippen molar-refractivity contribution in [2.24, 2.45) is 5.10 Å². The summed E-state index contributed by atoms with van der Waals surface area (Å²) in [7, 11) is 0. The molecule has 3 aromatic carbocycles. The predicted molar refractivity (Wildman–Crippen MR) is 111 cm³/mol. The van der Waals surface area contributed by atoms with Gasteiger partial charge in [-0.25, -0.2) is 5.43 Å². The minimum Gasteiger partial charge on any atom is -0.272 e. The second-order valence-corrected chi connectivity index (χ2v) is 6.75. The molecule has 0 aliphatic heterocycles. The molecule has 0 fully saturated rings. The van der Waals surface area contributed by atoms with Crippen molar-refractivity contribution in [2.75, 3.05) is 0 Å². The molecule has 0 atom stereocenters. The van der Waals surface area contributed by atoms with Gasteiger partial charge in [0.15, 0.2) is 0 Å². The Labute approximate surface area is 160 Å². The summed E-state index contributed by atoms with van der Waals surface area (Å²) in [6.45, 7) is 6.03. The van der Waals surface area contributed by atoms with Gasteiger partial charge in [0.1, 0.15) is 0 Å². The smallest absolute Gasteiger partial charge is 0.252 e. The predicted octanol–water partition coefficient (Wildman–Crippen LogP) is 4.98. The first-order chi connectivity index (χ1) is 13.1. The summed E-state index contributed by atoms with van der Waals surface area (Å²) in [4.78, 5) is 13.0. The van der Waals surface area contributed by atoms with Crippen LogP contribution in [0.5, 0.6) is 0 Å². The molecule has 0 heterocycles. The highest BCUT2D eigenvalue weighted by atomic mass is 16.2. The fourth-order valence-corrected chi connectivity index (χ4v) is 3.27. The zero-order valence-corrected chi connectivity index (χ0v) is 15.9. The SMILES string of the molecule is C/C(=N/NC(=O)C(c1ccccc1)c1ccccc1)c1ccc(C)cc1C. The normalized spacial score (nSPS) is 11.5. The van der Waals surface area contributed by atoms with E-state index in [2.05, 4.69) is 36.5 Å². The second-order valence-electron chi connectivity index (χ2n) is 6.75. The Morgan fingerprint density at radius 3 is 1.93 bits per heavy atom. The van der Waals surface area contributed by atoms with Gasteiger partial charge >= 0.3 is 0 Å². The van der Waals surface area contributed by atoms with Crippen LogP contribution < -0.4 is 5.43 Å². The second kappa shape index (κ2) is 8.45. The molecule has 3 heteroatoms. The molecule has 27 heavy (non-hydrogen) atoms. The van der Waals surface area contributed by atoms with Crippen molar-refractivity contribution in [2.45, 2.75) is 26.7 Å². The topological polar surface area (TPSA) is 41.5 Å². The van der Waals surface area contributed by atoms with Gasteiger partial charge in [0.2, 0.25) is 0 Å². The lowest BCUT2D eigenvalue weighted by molar-refractivity contribution is -0.121. The molecular formula is C24H24N2O. The van der Waals surface area contributed by atoms with E-state index in [1.165, 1.54) is 5.56 Å². The Balaban J connectivity index is 1.87. The van der Waals surface area contributed by atoms with E-state index in [4.69, 9.17) is 0 Å². The fraction of sp³-hybridized carbons (Fsp3) is 0.167. The first kappa shape index (κ1) is 18.6. The highest BCUT2D eigenvalue weighted by Crippen LogP contribution is 2.24. The lowest BCUT2D eigenvalue weighted by Crippen LogP contribution is -2.27. The fourth-order valence-electron chi connectivity index (χ4n) is 3.27. The lowest BCUT2D eigenvalue weighted by atomic mass is 9.91. The quantitative estimate of drug-likeness (QED) is 0.509. The molecule has 0 spiro atoms. The van der Waals surface area contributed by atoms with Crippen LogP contribution >= 0.6 is 0 Å². The number of carbonyl (C=O) groups excluding carboxylic acids is 1. The lowest BCUT2D eigenvalue weighted by Gasteiger charge is -2.16. The van der Waals surface area contributed by atoms with Crippen molar-refractivity contribution >= 4 is 11.6 Å². The van der Waals surface area contributed by atoms with Crippen molar-refractivity contribution < 1.29 is 4.79 Å². The van der Waals surface area contributed by atoms with E-state index in [9.17, 15) is 4.79 Å². The zero-order chi connectivity index (χ0) is 19.2. The number of hydrazone groups is 1. The van der Waals surface area contributed by atoms with Gasteiger partial charge in [-0.2, -0.15) is 5.10 Å². The third-order valence-electron chi connectivity index (χ3n) is 4.63. The number of hydrogen-bond donors (Lipinski definition) is 1. The molecule has 3 nitrogen and oxygen atoms in total. The van der Waals surface area contributed by atoms with E-state index in [1.54, 1.807) is 0 Å². The highest BCUT2D eigenvalue weighted by Gasteiger charge is 2.22. The summed E-state index contributed by atoms with van der Waals surface area (Å²) >= 11 is 0. The number of benzene rings is 3. The number of aryl methyl sites for hydroxylation is 2. The molecular weight excluding hydrogens is 332 g/mol. The van der Waals surface area contributed by atoms with Crippen LogP contribution in [0.1, 0.15) is 40.7 Å². The van der Waals surface area contributed by atoms with Crippen molar-refractivity contribution in [3.8, 4) is 0 Å². The Bertz CT molecular complexity index is 907. The van der Waals surface area contributed by atoms with E-state index >= 15 is 0 Å². The molecule has 0 aromatic heterocycles. The summed E-state index contributed by atoms with van der Waals surface area (Å²) in [5.41, 5.74) is 8.85. The monoisotopic (exact) mass is 356 g/mol. The van der Waals surface area contributed by atoms with Crippen LogP contribution in [-0.4, -0.2) is 11.6 Å². The molecule has 3 aromatic rings. The largest absolute Gasteiger partial charge is 0.272 e. The minimum atomic E-state index is -0.400. The van der Waals surface area contributed by atoms with Gasteiger partial charge in [-0.05, 0) is 37.5 Å². The van der Waals surface area contributed by atoms with E-state index in [-0.39, 0.29) is 5.91 Å². The van der Waals surface area contributed by atoms with E-state index < -0.39 is 5.92 Å². The minimum absolute atomic E-state index is 0.142. The van der Waals surface area contributed by atoms with Crippen molar-refractivity contribution in [3.63, 3.8) is 0 Å². The number of amides is 1. The maximum absolute atomic E-state index is 13.0. The van der Waals surface area contributed by atoms with Gasteiger partial charge in [0.05, 0.1) is 11.6 Å². The van der Waals surface area contributed by atoms with Gasteiger partial charge in [-0.15, -0.1) is 0 Å². The van der Waals surface area contributed by atoms with Crippen LogP contribution in [0, 0.1) is 13.8 Å². The van der Waals surface area contributed by atoms with Gasteiger partial charge in [-0.1, -0.05) is 84.4 Å². The van der Waals surface area contributed by atoms with Crippen LogP contribution in [0.2, 0.25) is 0 Å². The molecule has 1 N–H and O–H groups in total. The number of rotatable bonds is 5. The zero-order valence-electron chi connectivity index (χ0n) is 15.9. The number of hydrogen-bond acceptors (Lipinski definition) is 2. The summed E-state index contributed by atoms with van der Waals surface area (Å²) in [6.07, 6.45) is 0. The van der Waals surface area contributed by atoms with Crippen LogP contribution in [0.3, 0.4) is 0 Å². The van der Waals surface area contributed by atoms with Crippen LogP contribution in [-0.2, 0) is 4.79 Å². The van der Waals surface area contributed by atoms with E-state index in [1.807, 2.05) is 73.7 Å². The summed E-state index contributed by atoms with van der Waals surface area (Å²) in [6, 6.07) is 25.8. The number of carbonyl (C=O) groups is 1. The number of nitrogens with one attached hydrogen (secondary N) is 1. The summed E-state index contributed by atoms with van der Waals surface area (Å²) < 4.78 is 0. The molecule has 1 amide bonds. The summed E-state index contributed by atoms with van der Waals surface area (Å²) in [5, 5.41) is 4.37. The van der Waals surface area contributed by atoms with Crippen LogP contribution in [0.25, 0.3) is 0 Å². The van der Waals surface area contributed by atoms with Gasteiger partial charge < -0.3 is 0 Å². The first-order valence-corrected chi connectivity index (χ1v) is 9.08. The first-order valence-electron chi connectivity index (χ1n) is 9.08. The van der Waals surface area contributed by atoms with E-state index in [0.717, 1.165) is 28.0 Å². The Morgan fingerprint density at radius 2 is 1.41 bits per heavy atom. The summed E-state index contributed by atoms with van der Waals surface area (Å²) in [5.74, 6) is -0.542. The van der Waals surface area contributed by atoms with Crippen molar-refractivity contribution in [3.05, 3.63) is 107 Å². The Kier molecular flexibility index (Phi) is 5.82. The van der Waals surface area contributed by atoms with Crippen LogP contribution in [0.4, 0.5) is 0 Å². The standard InChI is InChI=1S/C24H24N2O/c1-17-14-15-22(18(2)16-17)19(3)25-26-24(27)23(20-10-6-4-7-11-20)21-12-8-5-9-13-21/h4-16,23H,1-3H3,(H,26,27)/b25-19-. The van der Waals surface area contributed by atoms with Gasteiger partial charge in [0.25, 0.3) is 5.91 Å². The molecule has 0 aliphatic carbocycles. The molecule has 0 bridgehead atoms. The highest BCUT2D eigenvalue weighted by molar-refractivity contribution is 6.00.